The lowest BCUT2D eigenvalue weighted by Crippen LogP contribution is -2.18. The Morgan fingerprint density at radius 3 is 2.96 bits per heavy atom. The number of nitrogens with one attached hydrogen (secondary N) is 1. The molecular formula is C12H13N5O5S. The Bertz CT molecular complexity index is 890. The minimum atomic E-state index is -3.04. The summed E-state index contributed by atoms with van der Waals surface area (Å²) in [4.78, 5) is 26.2. The van der Waals surface area contributed by atoms with E-state index in [4.69, 9.17) is 0 Å². The van der Waals surface area contributed by atoms with Gasteiger partial charge in [0, 0.05) is 18.7 Å². The van der Waals surface area contributed by atoms with Gasteiger partial charge in [-0.05, 0) is 18.4 Å². The molecule has 2 aromatic heterocycles. The van der Waals surface area contributed by atoms with E-state index in [1.807, 2.05) is 0 Å². The first-order valence-electron chi connectivity index (χ1n) is 6.84. The predicted octanol–water partition coefficient (Wildman–Crippen LogP) is 0.401. The van der Waals surface area contributed by atoms with Crippen LogP contribution in [0.1, 0.15) is 12.8 Å². The number of fused-ring (bicyclic) bond motifs is 1. The quantitative estimate of drug-likeness (QED) is 0.628. The van der Waals surface area contributed by atoms with Gasteiger partial charge in [-0.1, -0.05) is 0 Å². The van der Waals surface area contributed by atoms with Crippen molar-refractivity contribution in [1.29, 1.82) is 0 Å². The zero-order valence-corrected chi connectivity index (χ0v) is 12.7. The fourth-order valence-corrected chi connectivity index (χ4v) is 4.42. The van der Waals surface area contributed by atoms with Gasteiger partial charge in [-0.3, -0.25) is 20.2 Å². The van der Waals surface area contributed by atoms with Crippen LogP contribution in [0.25, 0.3) is 5.65 Å². The Hall–Kier alpha value is -2.56. The molecule has 1 N–H and O–H groups in total. The molecule has 11 heteroatoms. The highest BCUT2D eigenvalue weighted by molar-refractivity contribution is 7.91. The molecule has 0 aromatic carbocycles. The van der Waals surface area contributed by atoms with E-state index in [9.17, 15) is 23.3 Å². The van der Waals surface area contributed by atoms with Gasteiger partial charge < -0.3 is 0 Å². The van der Waals surface area contributed by atoms with Gasteiger partial charge in [-0.15, -0.1) is 5.10 Å². The van der Waals surface area contributed by atoms with Gasteiger partial charge in [0.05, 0.1) is 16.4 Å². The van der Waals surface area contributed by atoms with Gasteiger partial charge in [-0.25, -0.2) is 12.9 Å². The van der Waals surface area contributed by atoms with E-state index in [-0.39, 0.29) is 41.1 Å². The maximum Gasteiger partial charge on any atom is 0.313 e. The smallest absolute Gasteiger partial charge is 0.293 e. The summed E-state index contributed by atoms with van der Waals surface area (Å²) in [6.45, 7) is 0. The Balaban J connectivity index is 1.73. The molecule has 1 fully saturated rings. The van der Waals surface area contributed by atoms with Crippen LogP contribution in [0.2, 0.25) is 0 Å². The third-order valence-electron chi connectivity index (χ3n) is 3.59. The number of aromatic nitrogens is 3. The minimum Gasteiger partial charge on any atom is -0.293 e. The van der Waals surface area contributed by atoms with Crippen LogP contribution in [0.15, 0.2) is 18.3 Å². The van der Waals surface area contributed by atoms with E-state index < -0.39 is 20.7 Å². The monoisotopic (exact) mass is 339 g/mol. The molecule has 23 heavy (non-hydrogen) atoms. The van der Waals surface area contributed by atoms with Crippen molar-refractivity contribution in [3.05, 3.63) is 28.4 Å². The average Bonchev–Trinajstić information content (AvgIpc) is 3.00. The standard InChI is InChI=1S/C12H13N5O5S/c18-10(6-8-3-5-23(21,22)7-8)13-12-14-11-9(17(19)20)2-1-4-16(11)15-12/h1-2,4,8H,3,5-7H2,(H,13,15,18). The highest BCUT2D eigenvalue weighted by Gasteiger charge is 2.29. The van der Waals surface area contributed by atoms with Crippen LogP contribution in [0.5, 0.6) is 0 Å². The Kier molecular flexibility index (Phi) is 3.72. The largest absolute Gasteiger partial charge is 0.313 e. The van der Waals surface area contributed by atoms with E-state index in [0.29, 0.717) is 6.42 Å². The Morgan fingerprint density at radius 2 is 2.30 bits per heavy atom. The van der Waals surface area contributed by atoms with Crippen molar-refractivity contribution in [2.45, 2.75) is 12.8 Å². The zero-order valence-electron chi connectivity index (χ0n) is 11.9. The van der Waals surface area contributed by atoms with Crippen molar-refractivity contribution in [2.75, 3.05) is 16.8 Å². The summed E-state index contributed by atoms with van der Waals surface area (Å²) in [7, 11) is -3.04. The molecule has 1 aliphatic heterocycles. The minimum absolute atomic E-state index is 0.00445. The van der Waals surface area contributed by atoms with Crippen molar-refractivity contribution in [3.63, 3.8) is 0 Å². The Labute approximate surface area is 130 Å². The maximum absolute atomic E-state index is 11.9. The van der Waals surface area contributed by atoms with Crippen molar-refractivity contribution in [1.82, 2.24) is 14.6 Å². The number of hydrogen-bond acceptors (Lipinski definition) is 7. The molecule has 0 radical (unpaired) electrons. The summed E-state index contributed by atoms with van der Waals surface area (Å²) in [6, 6.07) is 2.74. The van der Waals surface area contributed by atoms with Gasteiger partial charge in [0.2, 0.25) is 17.5 Å². The molecule has 2 aromatic rings. The van der Waals surface area contributed by atoms with Crippen LogP contribution in [0, 0.1) is 16.0 Å². The van der Waals surface area contributed by atoms with Gasteiger partial charge >= 0.3 is 5.69 Å². The van der Waals surface area contributed by atoms with Crippen molar-refractivity contribution in [2.24, 2.45) is 5.92 Å². The van der Waals surface area contributed by atoms with Crippen molar-refractivity contribution in [3.8, 4) is 0 Å². The van der Waals surface area contributed by atoms with Crippen LogP contribution in [0.4, 0.5) is 11.6 Å². The molecule has 10 nitrogen and oxygen atoms in total. The molecule has 1 unspecified atom stereocenters. The Morgan fingerprint density at radius 1 is 1.52 bits per heavy atom. The van der Waals surface area contributed by atoms with Crippen LogP contribution >= 0.6 is 0 Å². The molecule has 0 spiro atoms. The van der Waals surface area contributed by atoms with Crippen molar-refractivity contribution >= 4 is 33.0 Å². The lowest BCUT2D eigenvalue weighted by Gasteiger charge is -2.05. The summed E-state index contributed by atoms with van der Waals surface area (Å²) in [6.07, 6.45) is 1.99. The molecule has 0 bridgehead atoms. The SMILES string of the molecule is O=C(CC1CCS(=O)(=O)C1)Nc1nc2c([N+](=O)[O-])cccn2n1. The number of carbonyl (C=O) groups excluding carboxylic acids is 1. The molecule has 1 aliphatic rings. The number of hydrogen-bond donors (Lipinski definition) is 1. The van der Waals surface area contributed by atoms with Crippen LogP contribution < -0.4 is 5.32 Å². The number of pyridine rings is 1. The van der Waals surface area contributed by atoms with Crippen LogP contribution in [-0.4, -0.2) is 45.4 Å². The number of anilines is 1. The molecule has 122 valence electrons. The second-order valence-corrected chi connectivity index (χ2v) is 7.60. The number of carbonyl (C=O) groups is 1. The number of nitrogens with zero attached hydrogens (tertiary/aromatic N) is 4. The fourth-order valence-electron chi connectivity index (χ4n) is 2.56. The molecule has 0 aliphatic carbocycles. The molecule has 3 rings (SSSR count). The number of sulfone groups is 1. The van der Waals surface area contributed by atoms with Gasteiger partial charge in [-0.2, -0.15) is 4.98 Å². The summed E-state index contributed by atoms with van der Waals surface area (Å²) >= 11 is 0. The highest BCUT2D eigenvalue weighted by Crippen LogP contribution is 2.22. The highest BCUT2D eigenvalue weighted by atomic mass is 32.2. The molecule has 1 amide bonds. The third kappa shape index (κ3) is 3.28. The summed E-state index contributed by atoms with van der Waals surface area (Å²) < 4.78 is 24.0. The van der Waals surface area contributed by atoms with E-state index in [2.05, 4.69) is 15.4 Å². The summed E-state index contributed by atoms with van der Waals surface area (Å²) in [5, 5.41) is 17.3. The second-order valence-electron chi connectivity index (χ2n) is 5.38. The maximum atomic E-state index is 11.9. The van der Waals surface area contributed by atoms with Crippen LogP contribution in [-0.2, 0) is 14.6 Å². The van der Waals surface area contributed by atoms with E-state index in [0.717, 1.165) is 0 Å². The normalized spacial score (nSPS) is 19.7. The van der Waals surface area contributed by atoms with E-state index in [1.165, 1.54) is 22.8 Å². The first-order valence-corrected chi connectivity index (χ1v) is 8.66. The lowest BCUT2D eigenvalue weighted by atomic mass is 10.1. The van der Waals surface area contributed by atoms with Gasteiger partial charge in [0.15, 0.2) is 9.84 Å². The topological polar surface area (TPSA) is 137 Å². The summed E-state index contributed by atoms with van der Waals surface area (Å²) in [5.41, 5.74) is -0.196. The van der Waals surface area contributed by atoms with Crippen LogP contribution in [0.3, 0.4) is 0 Å². The first kappa shape index (κ1) is 15.3. The van der Waals surface area contributed by atoms with Crippen molar-refractivity contribution < 1.29 is 18.1 Å². The second kappa shape index (κ2) is 5.57. The molecule has 3 heterocycles. The third-order valence-corrected chi connectivity index (χ3v) is 5.43. The number of nitro groups is 1. The average molecular weight is 339 g/mol. The lowest BCUT2D eigenvalue weighted by molar-refractivity contribution is -0.383. The number of amides is 1. The first-order chi connectivity index (χ1) is 10.8. The fraction of sp³-hybridized carbons (Fsp3) is 0.417. The molecular weight excluding hydrogens is 326 g/mol. The molecule has 0 saturated carbocycles. The van der Waals surface area contributed by atoms with E-state index >= 15 is 0 Å². The predicted molar refractivity (Wildman–Crippen MR) is 79.6 cm³/mol. The number of rotatable bonds is 4. The zero-order chi connectivity index (χ0) is 16.6. The summed E-state index contributed by atoms with van der Waals surface area (Å²) in [5.74, 6) is -0.573. The van der Waals surface area contributed by atoms with Gasteiger partial charge in [0.25, 0.3) is 0 Å². The molecule has 1 saturated heterocycles. The van der Waals surface area contributed by atoms with Gasteiger partial charge in [0.1, 0.15) is 0 Å². The molecule has 1 atom stereocenters. The van der Waals surface area contributed by atoms with E-state index in [1.54, 1.807) is 0 Å².